The number of nitrogens with one attached hydrogen (secondary N) is 1. The second kappa shape index (κ2) is 5.18. The van der Waals surface area contributed by atoms with Crippen LogP contribution in [0.15, 0.2) is 29.6 Å². The molecule has 2 aromatic rings. The lowest BCUT2D eigenvalue weighted by molar-refractivity contribution is 0.0701. The Hall–Kier alpha value is -1.88. The predicted molar refractivity (Wildman–Crippen MR) is 69.7 cm³/mol. The van der Waals surface area contributed by atoms with Crippen molar-refractivity contribution in [1.82, 2.24) is 0 Å². The summed E-state index contributed by atoms with van der Waals surface area (Å²) in [5.74, 6) is -1.28. The quantitative estimate of drug-likeness (QED) is 0.889. The number of carboxylic acids is 1. The summed E-state index contributed by atoms with van der Waals surface area (Å²) in [7, 11) is 0. The highest BCUT2D eigenvalue weighted by Crippen LogP contribution is 2.22. The van der Waals surface area contributed by atoms with E-state index < -0.39 is 5.97 Å². The first-order valence-electron chi connectivity index (χ1n) is 5.38. The van der Waals surface area contributed by atoms with E-state index in [-0.39, 0.29) is 10.7 Å². The molecule has 94 valence electrons. The molecular weight excluding hydrogens is 253 g/mol. The van der Waals surface area contributed by atoms with E-state index in [0.29, 0.717) is 17.8 Å². The minimum atomic E-state index is -0.952. The van der Waals surface area contributed by atoms with E-state index in [1.54, 1.807) is 30.5 Å². The van der Waals surface area contributed by atoms with Crippen LogP contribution in [0.3, 0.4) is 0 Å². The fraction of sp³-hybridized carbons (Fsp3) is 0.154. The summed E-state index contributed by atoms with van der Waals surface area (Å²) < 4.78 is 13.6. The average molecular weight is 265 g/mol. The summed E-state index contributed by atoms with van der Waals surface area (Å²) in [6.45, 7) is 2.10. The van der Waals surface area contributed by atoms with Crippen molar-refractivity contribution in [1.29, 1.82) is 0 Å². The fourth-order valence-electron chi connectivity index (χ4n) is 1.70. The SMILES string of the molecule is Cc1cccc(F)c1NCc1ccsc1C(=O)O. The molecule has 0 aliphatic heterocycles. The zero-order valence-corrected chi connectivity index (χ0v) is 10.6. The number of halogens is 1. The van der Waals surface area contributed by atoms with Crippen LogP contribution >= 0.6 is 11.3 Å². The molecule has 18 heavy (non-hydrogen) atoms. The van der Waals surface area contributed by atoms with Gasteiger partial charge in [-0.1, -0.05) is 12.1 Å². The van der Waals surface area contributed by atoms with Gasteiger partial charge in [0, 0.05) is 6.54 Å². The van der Waals surface area contributed by atoms with Gasteiger partial charge in [-0.3, -0.25) is 0 Å². The molecule has 1 heterocycles. The summed E-state index contributed by atoms with van der Waals surface area (Å²) in [5.41, 5.74) is 1.87. The molecular formula is C13H12FNO2S. The monoisotopic (exact) mass is 265 g/mol. The molecule has 1 aromatic carbocycles. The van der Waals surface area contributed by atoms with Gasteiger partial charge in [0.05, 0.1) is 5.69 Å². The molecule has 3 nitrogen and oxygen atoms in total. The first-order valence-corrected chi connectivity index (χ1v) is 6.26. The Morgan fingerprint density at radius 1 is 1.44 bits per heavy atom. The zero-order valence-electron chi connectivity index (χ0n) is 9.74. The van der Waals surface area contributed by atoms with Crippen LogP contribution in [0.2, 0.25) is 0 Å². The number of aryl methyl sites for hydroxylation is 1. The lowest BCUT2D eigenvalue weighted by Gasteiger charge is -2.10. The van der Waals surface area contributed by atoms with Gasteiger partial charge in [-0.25, -0.2) is 9.18 Å². The fourth-order valence-corrected chi connectivity index (χ4v) is 2.46. The Balaban J connectivity index is 2.17. The van der Waals surface area contributed by atoms with Gasteiger partial charge in [-0.15, -0.1) is 11.3 Å². The van der Waals surface area contributed by atoms with Gasteiger partial charge in [0.15, 0.2) is 0 Å². The van der Waals surface area contributed by atoms with Crippen molar-refractivity contribution in [3.05, 3.63) is 51.5 Å². The predicted octanol–water partition coefficient (Wildman–Crippen LogP) is 3.51. The molecule has 0 radical (unpaired) electrons. The molecule has 0 fully saturated rings. The maximum Gasteiger partial charge on any atom is 0.346 e. The highest BCUT2D eigenvalue weighted by Gasteiger charge is 2.12. The van der Waals surface area contributed by atoms with Gasteiger partial charge in [-0.05, 0) is 35.6 Å². The van der Waals surface area contributed by atoms with Gasteiger partial charge in [-0.2, -0.15) is 0 Å². The van der Waals surface area contributed by atoms with Crippen LogP contribution < -0.4 is 5.32 Å². The number of benzene rings is 1. The molecule has 0 spiro atoms. The van der Waals surface area contributed by atoms with E-state index in [1.807, 2.05) is 0 Å². The van der Waals surface area contributed by atoms with Crippen molar-refractivity contribution >= 4 is 23.0 Å². The van der Waals surface area contributed by atoms with Crippen LogP contribution in [0.25, 0.3) is 0 Å². The van der Waals surface area contributed by atoms with Crippen LogP contribution in [0.5, 0.6) is 0 Å². The molecule has 1 aromatic heterocycles. The van der Waals surface area contributed by atoms with Crippen LogP contribution in [-0.2, 0) is 6.54 Å². The van der Waals surface area contributed by atoms with Crippen molar-refractivity contribution in [2.75, 3.05) is 5.32 Å². The summed E-state index contributed by atoms with van der Waals surface area (Å²) in [5, 5.41) is 13.6. The Kier molecular flexibility index (Phi) is 3.62. The van der Waals surface area contributed by atoms with Gasteiger partial charge in [0.25, 0.3) is 0 Å². The minimum absolute atomic E-state index is 0.288. The highest BCUT2D eigenvalue weighted by atomic mass is 32.1. The Bertz CT molecular complexity index is 560. The molecule has 0 saturated carbocycles. The highest BCUT2D eigenvalue weighted by molar-refractivity contribution is 7.12. The van der Waals surface area contributed by atoms with Gasteiger partial charge < -0.3 is 10.4 Å². The van der Waals surface area contributed by atoms with Crippen molar-refractivity contribution in [2.45, 2.75) is 13.5 Å². The number of hydrogen-bond donors (Lipinski definition) is 2. The molecule has 0 bridgehead atoms. The third-order valence-corrected chi connectivity index (χ3v) is 3.56. The third kappa shape index (κ3) is 2.51. The van der Waals surface area contributed by atoms with E-state index in [4.69, 9.17) is 5.11 Å². The largest absolute Gasteiger partial charge is 0.477 e. The molecule has 5 heteroatoms. The Morgan fingerprint density at radius 3 is 2.89 bits per heavy atom. The molecule has 0 atom stereocenters. The van der Waals surface area contributed by atoms with Crippen LogP contribution in [-0.4, -0.2) is 11.1 Å². The van der Waals surface area contributed by atoms with Crippen molar-refractivity contribution in [3.8, 4) is 0 Å². The first-order chi connectivity index (χ1) is 8.59. The number of thiophene rings is 1. The lowest BCUT2D eigenvalue weighted by Crippen LogP contribution is -2.06. The van der Waals surface area contributed by atoms with E-state index in [9.17, 15) is 9.18 Å². The second-order valence-electron chi connectivity index (χ2n) is 3.87. The molecule has 0 aliphatic carbocycles. The Labute approximate surface area is 108 Å². The number of carboxylic acid groups (broad SMARTS) is 1. The number of para-hydroxylation sites is 1. The number of rotatable bonds is 4. The maximum absolute atomic E-state index is 13.6. The number of hydrogen-bond acceptors (Lipinski definition) is 3. The Morgan fingerprint density at radius 2 is 2.22 bits per heavy atom. The molecule has 0 aliphatic rings. The minimum Gasteiger partial charge on any atom is -0.477 e. The lowest BCUT2D eigenvalue weighted by atomic mass is 10.2. The smallest absolute Gasteiger partial charge is 0.346 e. The summed E-state index contributed by atoms with van der Waals surface area (Å²) >= 11 is 1.17. The summed E-state index contributed by atoms with van der Waals surface area (Å²) in [6, 6.07) is 6.55. The van der Waals surface area contributed by atoms with E-state index in [0.717, 1.165) is 5.56 Å². The van der Waals surface area contributed by atoms with E-state index in [2.05, 4.69) is 5.32 Å². The van der Waals surface area contributed by atoms with Gasteiger partial charge in [0.1, 0.15) is 10.7 Å². The van der Waals surface area contributed by atoms with Crippen molar-refractivity contribution < 1.29 is 14.3 Å². The van der Waals surface area contributed by atoms with Crippen LogP contribution in [0.4, 0.5) is 10.1 Å². The standard InChI is InChI=1S/C13H12FNO2S/c1-8-3-2-4-10(14)11(8)15-7-9-5-6-18-12(9)13(16)17/h2-6,15H,7H2,1H3,(H,16,17). The summed E-state index contributed by atoms with van der Waals surface area (Å²) in [4.78, 5) is 11.2. The van der Waals surface area contributed by atoms with Gasteiger partial charge in [0.2, 0.25) is 0 Å². The summed E-state index contributed by atoms with van der Waals surface area (Å²) in [6.07, 6.45) is 0. The molecule has 2 N–H and O–H groups in total. The number of carbonyl (C=O) groups is 1. The number of anilines is 1. The van der Waals surface area contributed by atoms with Crippen molar-refractivity contribution in [3.63, 3.8) is 0 Å². The molecule has 2 rings (SSSR count). The molecule has 0 saturated heterocycles. The van der Waals surface area contributed by atoms with Gasteiger partial charge >= 0.3 is 5.97 Å². The molecule has 0 amide bonds. The normalized spacial score (nSPS) is 10.3. The maximum atomic E-state index is 13.6. The number of aromatic carboxylic acids is 1. The first kappa shape index (κ1) is 12.6. The van der Waals surface area contributed by atoms with Crippen LogP contribution in [0.1, 0.15) is 20.8 Å². The van der Waals surface area contributed by atoms with E-state index >= 15 is 0 Å². The second-order valence-corrected chi connectivity index (χ2v) is 4.78. The molecule has 0 unspecified atom stereocenters. The third-order valence-electron chi connectivity index (χ3n) is 2.62. The topological polar surface area (TPSA) is 49.3 Å². The van der Waals surface area contributed by atoms with Crippen molar-refractivity contribution in [2.24, 2.45) is 0 Å². The van der Waals surface area contributed by atoms with Crippen LogP contribution in [0, 0.1) is 12.7 Å². The van der Waals surface area contributed by atoms with E-state index in [1.165, 1.54) is 17.4 Å². The zero-order chi connectivity index (χ0) is 13.1. The average Bonchev–Trinajstić information content (AvgIpc) is 2.76.